The first-order valence-electron chi connectivity index (χ1n) is 14.1. The average Bonchev–Trinajstić information content (AvgIpc) is 3.62. The highest BCUT2D eigenvalue weighted by Gasteiger charge is 2.37. The molecule has 0 bridgehead atoms. The van der Waals surface area contributed by atoms with Crippen LogP contribution in [0.3, 0.4) is 0 Å². The number of aryl methyl sites for hydroxylation is 2. The van der Waals surface area contributed by atoms with Gasteiger partial charge < -0.3 is 9.88 Å². The molecule has 5 aromatic rings. The van der Waals surface area contributed by atoms with Gasteiger partial charge in [0.05, 0.1) is 35.7 Å². The highest BCUT2D eigenvalue weighted by Crippen LogP contribution is 2.35. The second-order valence-electron chi connectivity index (χ2n) is 11.4. The third-order valence-electron chi connectivity index (χ3n) is 8.27. The van der Waals surface area contributed by atoms with Crippen LogP contribution in [0.5, 0.6) is 0 Å². The van der Waals surface area contributed by atoms with Crippen LogP contribution in [0.15, 0.2) is 48.8 Å². The topological polar surface area (TPSA) is 65.9 Å². The maximum absolute atomic E-state index is 13.8. The second-order valence-corrected chi connectivity index (χ2v) is 11.4. The number of halogens is 2. The number of imidazole rings is 1. The second kappa shape index (κ2) is 9.66. The first kappa shape index (κ1) is 25.1. The van der Waals surface area contributed by atoms with Gasteiger partial charge in [0.2, 0.25) is 0 Å². The molecule has 2 aromatic carbocycles. The number of fused-ring (bicyclic) bond motifs is 2. The van der Waals surface area contributed by atoms with Gasteiger partial charge in [0.15, 0.2) is 5.82 Å². The maximum Gasteiger partial charge on any atom is 0.261 e. The molecule has 206 valence electrons. The summed E-state index contributed by atoms with van der Waals surface area (Å²) in [6.45, 7) is 4.88. The number of hydrogen-bond donors (Lipinski definition) is 1. The number of alkyl halides is 2. The highest BCUT2D eigenvalue weighted by molar-refractivity contribution is 5.97. The molecule has 0 unspecified atom stereocenters. The average molecular weight is 542 g/mol. The van der Waals surface area contributed by atoms with Crippen LogP contribution in [0.4, 0.5) is 14.5 Å². The predicted molar refractivity (Wildman–Crippen MR) is 155 cm³/mol. The van der Waals surface area contributed by atoms with Crippen LogP contribution in [0.25, 0.3) is 44.6 Å². The molecule has 2 fully saturated rings. The number of nitrogens with zero attached hydrogens (tertiary/aromatic N) is 6. The third kappa shape index (κ3) is 4.62. The molecule has 2 saturated heterocycles. The van der Waals surface area contributed by atoms with Crippen LogP contribution in [0.1, 0.15) is 36.8 Å². The van der Waals surface area contributed by atoms with E-state index in [-0.39, 0.29) is 13.0 Å². The van der Waals surface area contributed by atoms with E-state index in [9.17, 15) is 8.78 Å². The first-order chi connectivity index (χ1) is 19.3. The van der Waals surface area contributed by atoms with E-state index in [1.165, 1.54) is 19.3 Å². The summed E-state index contributed by atoms with van der Waals surface area (Å²) < 4.78 is 29.4. The fraction of sp³-hybridized carbons (Fsp3) is 0.387. The Morgan fingerprint density at radius 1 is 0.975 bits per heavy atom. The molecule has 40 heavy (non-hydrogen) atoms. The molecule has 2 aliphatic rings. The largest absolute Gasteiger partial charge is 0.368 e. The number of anilines is 1. The van der Waals surface area contributed by atoms with Gasteiger partial charge in [-0.15, -0.1) is 0 Å². The Morgan fingerprint density at radius 3 is 2.62 bits per heavy atom. The van der Waals surface area contributed by atoms with Gasteiger partial charge >= 0.3 is 0 Å². The van der Waals surface area contributed by atoms with Crippen molar-refractivity contribution in [2.24, 2.45) is 7.05 Å². The van der Waals surface area contributed by atoms with E-state index in [2.05, 4.69) is 58.2 Å². The molecule has 0 amide bonds. The third-order valence-corrected chi connectivity index (χ3v) is 8.27. The summed E-state index contributed by atoms with van der Waals surface area (Å²) in [7, 11) is 1.95. The van der Waals surface area contributed by atoms with Crippen LogP contribution in [-0.4, -0.2) is 61.7 Å². The minimum Gasteiger partial charge on any atom is -0.368 e. The molecule has 1 N–H and O–H groups in total. The Balaban J connectivity index is 1.26. The van der Waals surface area contributed by atoms with E-state index in [1.54, 1.807) is 0 Å². The lowest BCUT2D eigenvalue weighted by Crippen LogP contribution is -2.29. The van der Waals surface area contributed by atoms with E-state index in [0.29, 0.717) is 13.1 Å². The number of H-pyrrole nitrogens is 1. The van der Waals surface area contributed by atoms with Crippen molar-refractivity contribution in [1.82, 2.24) is 29.6 Å². The summed E-state index contributed by atoms with van der Waals surface area (Å²) in [6, 6.07) is 12.7. The number of likely N-dealkylation sites (tertiary alicyclic amines) is 1. The van der Waals surface area contributed by atoms with Crippen LogP contribution >= 0.6 is 0 Å². The van der Waals surface area contributed by atoms with Crippen molar-refractivity contribution in [1.29, 1.82) is 0 Å². The number of pyridine rings is 1. The molecule has 9 heteroatoms. The minimum absolute atomic E-state index is 0.0660. The van der Waals surface area contributed by atoms with Crippen molar-refractivity contribution in [2.45, 2.75) is 45.1 Å². The summed E-state index contributed by atoms with van der Waals surface area (Å²) in [5.41, 5.74) is 9.01. The standard InChI is InChI=1S/C31H33F2N7/c1-20-12-21(18-39-11-8-31(32,33)19-39)14-23(13-20)22-6-7-26-24(15-22)28(37-38(26)2)30-35-25-16-34-17-27(29(25)36-30)40-9-4-3-5-10-40/h6-7,12-17H,3-5,8-11,18-19H2,1-2H3,(H,35,36). The Morgan fingerprint density at radius 2 is 1.82 bits per heavy atom. The van der Waals surface area contributed by atoms with Gasteiger partial charge in [0.25, 0.3) is 5.92 Å². The van der Waals surface area contributed by atoms with E-state index in [0.717, 1.165) is 74.5 Å². The van der Waals surface area contributed by atoms with E-state index in [1.807, 2.05) is 29.0 Å². The molecular formula is C31H33F2N7. The molecule has 0 atom stereocenters. The van der Waals surface area contributed by atoms with Gasteiger partial charge in [0.1, 0.15) is 11.2 Å². The van der Waals surface area contributed by atoms with Crippen molar-refractivity contribution in [3.05, 3.63) is 59.9 Å². The molecule has 0 spiro atoms. The monoisotopic (exact) mass is 541 g/mol. The molecule has 0 aliphatic carbocycles. The van der Waals surface area contributed by atoms with E-state index >= 15 is 0 Å². The fourth-order valence-electron chi connectivity index (χ4n) is 6.34. The highest BCUT2D eigenvalue weighted by atomic mass is 19.3. The normalized spacial score (nSPS) is 17.9. The zero-order chi connectivity index (χ0) is 27.4. The van der Waals surface area contributed by atoms with Crippen LogP contribution in [-0.2, 0) is 13.6 Å². The Hall–Kier alpha value is -3.85. The quantitative estimate of drug-likeness (QED) is 0.282. The SMILES string of the molecule is Cc1cc(CN2CCC(F)(F)C2)cc(-c2ccc3c(c2)c(-c2nc4c(N5CCCCC5)cncc4[nH]2)nn3C)c1. The molecule has 2 aliphatic heterocycles. The van der Waals surface area contributed by atoms with Crippen LogP contribution in [0, 0.1) is 6.92 Å². The van der Waals surface area contributed by atoms with E-state index < -0.39 is 5.92 Å². The van der Waals surface area contributed by atoms with Gasteiger partial charge in [0, 0.05) is 45.0 Å². The van der Waals surface area contributed by atoms with Crippen molar-refractivity contribution in [3.8, 4) is 22.6 Å². The summed E-state index contributed by atoms with van der Waals surface area (Å²) in [5, 5.41) is 5.87. The number of hydrogen-bond acceptors (Lipinski definition) is 5. The lowest BCUT2D eigenvalue weighted by Gasteiger charge is -2.28. The number of rotatable bonds is 5. The summed E-state index contributed by atoms with van der Waals surface area (Å²) in [5.74, 6) is -1.86. The van der Waals surface area contributed by atoms with Gasteiger partial charge in [-0.25, -0.2) is 13.8 Å². The minimum atomic E-state index is -2.59. The number of piperidine rings is 1. The molecule has 5 heterocycles. The lowest BCUT2D eigenvalue weighted by molar-refractivity contribution is 0.0115. The van der Waals surface area contributed by atoms with Crippen molar-refractivity contribution in [3.63, 3.8) is 0 Å². The molecule has 0 saturated carbocycles. The Labute approximate surface area is 231 Å². The molecule has 0 radical (unpaired) electrons. The molecular weight excluding hydrogens is 508 g/mol. The number of benzene rings is 2. The van der Waals surface area contributed by atoms with E-state index in [4.69, 9.17) is 10.1 Å². The first-order valence-corrected chi connectivity index (χ1v) is 14.1. The predicted octanol–water partition coefficient (Wildman–Crippen LogP) is 6.32. The fourth-order valence-corrected chi connectivity index (χ4v) is 6.34. The van der Waals surface area contributed by atoms with Crippen LogP contribution < -0.4 is 4.90 Å². The Bertz CT molecular complexity index is 1710. The summed E-state index contributed by atoms with van der Waals surface area (Å²) in [4.78, 5) is 17.2. The smallest absolute Gasteiger partial charge is 0.261 e. The zero-order valence-electron chi connectivity index (χ0n) is 22.9. The van der Waals surface area contributed by atoms with Crippen molar-refractivity contribution >= 4 is 27.6 Å². The Kier molecular flexibility index (Phi) is 6.07. The molecule has 7 rings (SSSR count). The van der Waals surface area contributed by atoms with Gasteiger partial charge in [-0.2, -0.15) is 5.10 Å². The van der Waals surface area contributed by atoms with Gasteiger partial charge in [-0.05, 0) is 61.1 Å². The number of nitrogens with one attached hydrogen (secondary N) is 1. The van der Waals surface area contributed by atoms with Crippen LogP contribution in [0.2, 0.25) is 0 Å². The van der Waals surface area contributed by atoms with Crippen molar-refractivity contribution in [2.75, 3.05) is 31.1 Å². The van der Waals surface area contributed by atoms with Gasteiger partial charge in [-0.3, -0.25) is 14.6 Å². The number of aromatic amines is 1. The summed E-state index contributed by atoms with van der Waals surface area (Å²) in [6.07, 6.45) is 7.33. The lowest BCUT2D eigenvalue weighted by atomic mass is 9.98. The van der Waals surface area contributed by atoms with Gasteiger partial charge in [-0.1, -0.05) is 23.8 Å². The zero-order valence-corrected chi connectivity index (χ0v) is 22.9. The summed E-state index contributed by atoms with van der Waals surface area (Å²) >= 11 is 0. The molecule has 3 aromatic heterocycles. The maximum atomic E-state index is 13.8. The van der Waals surface area contributed by atoms with Crippen molar-refractivity contribution < 1.29 is 8.78 Å². The number of aromatic nitrogens is 5. The molecule has 7 nitrogen and oxygen atoms in total.